The van der Waals surface area contributed by atoms with Crippen molar-refractivity contribution in [3.8, 4) is 0 Å². The van der Waals surface area contributed by atoms with Crippen molar-refractivity contribution in [1.29, 1.82) is 0 Å². The first-order valence-corrected chi connectivity index (χ1v) is 7.50. The Kier molecular flexibility index (Phi) is 4.05. The Morgan fingerprint density at radius 2 is 1.81 bits per heavy atom. The van der Waals surface area contributed by atoms with Crippen molar-refractivity contribution < 1.29 is 0 Å². The Hall–Kier alpha value is -1.70. The van der Waals surface area contributed by atoms with E-state index in [0.29, 0.717) is 10.0 Å². The molecule has 0 aromatic heterocycles. The standard InChI is InChI=1S/C18H14Cl2N/c1-12(21-16-8-9-17(19)18(20)11-16)14-7-6-13-4-2-3-5-15(13)10-14/h3-12,21H,1H3. The highest BCUT2D eigenvalue weighted by Gasteiger charge is 2.07. The predicted molar refractivity (Wildman–Crippen MR) is 91.3 cm³/mol. The van der Waals surface area contributed by atoms with E-state index in [0.717, 1.165) is 5.69 Å². The van der Waals surface area contributed by atoms with Crippen LogP contribution in [-0.2, 0) is 0 Å². The molecule has 105 valence electrons. The molecule has 0 aliphatic carbocycles. The van der Waals surface area contributed by atoms with Gasteiger partial charge in [-0.3, -0.25) is 0 Å². The molecular formula is C18H14Cl2N. The van der Waals surface area contributed by atoms with Crippen LogP contribution in [0.2, 0.25) is 10.0 Å². The fraction of sp³-hybridized carbons (Fsp3) is 0.111. The third-order valence-electron chi connectivity index (χ3n) is 3.51. The van der Waals surface area contributed by atoms with Crippen LogP contribution in [-0.4, -0.2) is 0 Å². The molecule has 0 saturated carbocycles. The summed E-state index contributed by atoms with van der Waals surface area (Å²) < 4.78 is 0. The summed E-state index contributed by atoms with van der Waals surface area (Å²) in [5.41, 5.74) is 2.18. The van der Waals surface area contributed by atoms with E-state index < -0.39 is 0 Å². The van der Waals surface area contributed by atoms with E-state index in [2.05, 4.69) is 42.6 Å². The third-order valence-corrected chi connectivity index (χ3v) is 4.25. The van der Waals surface area contributed by atoms with E-state index in [4.69, 9.17) is 23.2 Å². The number of halogens is 2. The van der Waals surface area contributed by atoms with Crippen molar-refractivity contribution in [3.05, 3.63) is 76.3 Å². The SMILES string of the molecule is CC(Nc1ccc(Cl)c(Cl)c1)c1ccc2c[c]ccc2c1. The first kappa shape index (κ1) is 14.2. The fourth-order valence-electron chi connectivity index (χ4n) is 2.33. The van der Waals surface area contributed by atoms with Crippen LogP contribution in [0.15, 0.2) is 54.6 Å². The molecule has 0 bridgehead atoms. The smallest absolute Gasteiger partial charge is 0.0612 e. The minimum Gasteiger partial charge on any atom is -0.378 e. The zero-order valence-corrected chi connectivity index (χ0v) is 13.0. The highest BCUT2D eigenvalue weighted by Crippen LogP contribution is 2.28. The number of nitrogens with one attached hydrogen (secondary N) is 1. The van der Waals surface area contributed by atoms with Crippen molar-refractivity contribution in [3.63, 3.8) is 0 Å². The molecule has 1 nitrogen and oxygen atoms in total. The van der Waals surface area contributed by atoms with E-state index in [9.17, 15) is 0 Å². The molecule has 0 heterocycles. The normalized spacial score (nSPS) is 12.3. The molecule has 3 aromatic carbocycles. The maximum Gasteiger partial charge on any atom is 0.0612 e. The van der Waals surface area contributed by atoms with Crippen molar-refractivity contribution in [2.45, 2.75) is 13.0 Å². The van der Waals surface area contributed by atoms with Crippen LogP contribution >= 0.6 is 23.2 Å². The third kappa shape index (κ3) is 3.15. The minimum absolute atomic E-state index is 0.177. The lowest BCUT2D eigenvalue weighted by atomic mass is 10.0. The Morgan fingerprint density at radius 1 is 0.952 bits per heavy atom. The second-order valence-electron chi connectivity index (χ2n) is 5.03. The van der Waals surface area contributed by atoms with Crippen LogP contribution < -0.4 is 5.32 Å². The van der Waals surface area contributed by atoms with Crippen molar-refractivity contribution in [1.82, 2.24) is 0 Å². The number of fused-ring (bicyclic) bond motifs is 1. The molecule has 0 aliphatic rings. The molecule has 1 atom stereocenters. The number of hydrogen-bond acceptors (Lipinski definition) is 1. The summed E-state index contributed by atoms with van der Waals surface area (Å²) in [7, 11) is 0. The molecule has 1 N–H and O–H groups in total. The summed E-state index contributed by atoms with van der Waals surface area (Å²) in [4.78, 5) is 0. The van der Waals surface area contributed by atoms with Crippen molar-refractivity contribution in [2.75, 3.05) is 5.32 Å². The monoisotopic (exact) mass is 314 g/mol. The summed E-state index contributed by atoms with van der Waals surface area (Å²) in [6, 6.07) is 21.3. The van der Waals surface area contributed by atoms with Crippen LogP contribution in [0.1, 0.15) is 18.5 Å². The second kappa shape index (κ2) is 5.97. The molecule has 3 heteroatoms. The lowest BCUT2D eigenvalue weighted by Crippen LogP contribution is -2.06. The maximum atomic E-state index is 6.05. The summed E-state index contributed by atoms with van der Waals surface area (Å²) in [6.45, 7) is 2.12. The Labute approximate surface area is 134 Å². The highest BCUT2D eigenvalue weighted by atomic mass is 35.5. The number of anilines is 1. The summed E-state index contributed by atoms with van der Waals surface area (Å²) in [6.07, 6.45) is 0. The van der Waals surface area contributed by atoms with Gasteiger partial charge >= 0.3 is 0 Å². The predicted octanol–water partition coefficient (Wildman–Crippen LogP) is 6.12. The lowest BCUT2D eigenvalue weighted by molar-refractivity contribution is 0.887. The first-order valence-electron chi connectivity index (χ1n) is 6.75. The van der Waals surface area contributed by atoms with E-state index in [1.807, 2.05) is 24.3 Å². The Morgan fingerprint density at radius 3 is 2.62 bits per heavy atom. The minimum atomic E-state index is 0.177. The topological polar surface area (TPSA) is 12.0 Å². The number of rotatable bonds is 3. The van der Waals surface area contributed by atoms with Gasteiger partial charge in [-0.05, 0) is 59.7 Å². The summed E-state index contributed by atoms with van der Waals surface area (Å²) in [5, 5.41) is 6.98. The van der Waals surface area contributed by atoms with Gasteiger partial charge in [-0.2, -0.15) is 0 Å². The van der Waals surface area contributed by atoms with Gasteiger partial charge in [0.25, 0.3) is 0 Å². The number of benzene rings is 3. The lowest BCUT2D eigenvalue weighted by Gasteiger charge is -2.17. The second-order valence-corrected chi connectivity index (χ2v) is 5.84. The van der Waals surface area contributed by atoms with Gasteiger partial charge in [0.2, 0.25) is 0 Å². The Balaban J connectivity index is 1.85. The molecule has 0 spiro atoms. The molecule has 1 unspecified atom stereocenters. The van der Waals surface area contributed by atoms with Crippen LogP contribution in [0.25, 0.3) is 10.8 Å². The van der Waals surface area contributed by atoms with Crippen LogP contribution in [0.3, 0.4) is 0 Å². The van der Waals surface area contributed by atoms with Gasteiger partial charge in [0.05, 0.1) is 10.0 Å². The number of hydrogen-bond donors (Lipinski definition) is 1. The van der Waals surface area contributed by atoms with Crippen molar-refractivity contribution >= 4 is 39.7 Å². The van der Waals surface area contributed by atoms with Gasteiger partial charge in [-0.1, -0.05) is 47.5 Å². The van der Waals surface area contributed by atoms with Gasteiger partial charge in [-0.15, -0.1) is 0 Å². The van der Waals surface area contributed by atoms with E-state index in [1.54, 1.807) is 6.07 Å². The molecule has 3 aromatic rings. The maximum absolute atomic E-state index is 6.05. The van der Waals surface area contributed by atoms with Crippen LogP contribution in [0.5, 0.6) is 0 Å². The first-order chi connectivity index (χ1) is 10.1. The molecule has 3 rings (SSSR count). The van der Waals surface area contributed by atoms with E-state index in [-0.39, 0.29) is 6.04 Å². The average Bonchev–Trinajstić information content (AvgIpc) is 2.50. The van der Waals surface area contributed by atoms with Crippen LogP contribution in [0, 0.1) is 6.07 Å². The zero-order valence-electron chi connectivity index (χ0n) is 11.5. The van der Waals surface area contributed by atoms with Crippen LogP contribution in [0.4, 0.5) is 5.69 Å². The quantitative estimate of drug-likeness (QED) is 0.614. The molecule has 21 heavy (non-hydrogen) atoms. The summed E-state index contributed by atoms with van der Waals surface area (Å²) in [5.74, 6) is 0. The molecule has 0 fully saturated rings. The van der Waals surface area contributed by atoms with Crippen molar-refractivity contribution in [2.24, 2.45) is 0 Å². The molecular weight excluding hydrogens is 301 g/mol. The highest BCUT2D eigenvalue weighted by molar-refractivity contribution is 6.42. The Bertz CT molecular complexity index is 783. The van der Waals surface area contributed by atoms with Gasteiger partial charge < -0.3 is 5.32 Å². The van der Waals surface area contributed by atoms with Gasteiger partial charge in [0.15, 0.2) is 0 Å². The van der Waals surface area contributed by atoms with E-state index >= 15 is 0 Å². The van der Waals surface area contributed by atoms with Gasteiger partial charge in [0.1, 0.15) is 0 Å². The van der Waals surface area contributed by atoms with Gasteiger partial charge in [0, 0.05) is 11.7 Å². The van der Waals surface area contributed by atoms with Gasteiger partial charge in [-0.25, -0.2) is 0 Å². The molecule has 0 aliphatic heterocycles. The molecule has 0 saturated heterocycles. The fourth-order valence-corrected chi connectivity index (χ4v) is 2.63. The zero-order chi connectivity index (χ0) is 14.8. The van der Waals surface area contributed by atoms with E-state index in [1.165, 1.54) is 16.3 Å². The summed E-state index contributed by atoms with van der Waals surface area (Å²) >= 11 is 12.0. The molecule has 0 amide bonds. The largest absolute Gasteiger partial charge is 0.378 e. The average molecular weight is 315 g/mol. The molecule has 1 radical (unpaired) electrons.